The molecule has 0 aromatic carbocycles. The molecule has 0 radical (unpaired) electrons. The second kappa shape index (κ2) is 7.56. The first kappa shape index (κ1) is 15.2. The molecule has 1 N–H and O–H groups in total. The van der Waals surface area contributed by atoms with E-state index in [1.807, 2.05) is 0 Å². The molecule has 0 bridgehead atoms. The molecule has 7 heteroatoms. The van der Waals surface area contributed by atoms with Crippen LogP contribution in [0, 0.1) is 5.92 Å². The average Bonchev–Trinajstić information content (AvgIpc) is 2.54. The van der Waals surface area contributed by atoms with E-state index in [1.54, 1.807) is 25.4 Å². The number of anilines is 1. The summed E-state index contributed by atoms with van der Waals surface area (Å²) in [5.74, 6) is 0.139. The van der Waals surface area contributed by atoms with Gasteiger partial charge in [0.1, 0.15) is 6.54 Å². The molecule has 0 spiro atoms. The Kier molecular flexibility index (Phi) is 5.48. The van der Waals surface area contributed by atoms with Gasteiger partial charge in [-0.2, -0.15) is 0 Å². The summed E-state index contributed by atoms with van der Waals surface area (Å²) in [5, 5.41) is 2.63. The molecule has 0 aliphatic carbocycles. The molecule has 1 amide bonds. The van der Waals surface area contributed by atoms with Gasteiger partial charge in [-0.25, -0.2) is 9.97 Å². The Morgan fingerprint density at radius 2 is 2.00 bits per heavy atom. The van der Waals surface area contributed by atoms with Crippen LogP contribution in [0.3, 0.4) is 0 Å². The number of carbonyl (C=O) groups excluding carboxylic acids is 2. The molecule has 1 aromatic heterocycles. The lowest BCUT2D eigenvalue weighted by Gasteiger charge is -2.31. The molecule has 1 aliphatic rings. The molecule has 2 rings (SSSR count). The number of rotatable bonds is 5. The van der Waals surface area contributed by atoms with Crippen molar-refractivity contribution in [1.29, 1.82) is 0 Å². The van der Waals surface area contributed by atoms with Crippen molar-refractivity contribution < 1.29 is 14.3 Å². The van der Waals surface area contributed by atoms with Crippen LogP contribution in [0.4, 0.5) is 5.95 Å². The van der Waals surface area contributed by atoms with E-state index >= 15 is 0 Å². The molecule has 1 saturated heterocycles. The van der Waals surface area contributed by atoms with E-state index in [9.17, 15) is 9.59 Å². The van der Waals surface area contributed by atoms with Crippen molar-refractivity contribution in [3.05, 3.63) is 18.5 Å². The number of esters is 1. The number of carbonyl (C=O) groups is 2. The summed E-state index contributed by atoms with van der Waals surface area (Å²) in [6, 6.07) is 1.78. The molecular formula is C14H20N4O3. The van der Waals surface area contributed by atoms with Crippen LogP contribution >= 0.6 is 0 Å². The van der Waals surface area contributed by atoms with Gasteiger partial charge in [-0.15, -0.1) is 0 Å². The standard InChI is InChI=1S/C14H20N4O3/c1-2-21-12(19)10-17-13(20)11-4-8-18(9-5-11)14-15-6-3-7-16-14/h3,6-7,11H,2,4-5,8-10H2,1H3,(H,17,20). The van der Waals surface area contributed by atoms with Crippen LogP contribution in [0.5, 0.6) is 0 Å². The number of aromatic nitrogens is 2. The summed E-state index contributed by atoms with van der Waals surface area (Å²) in [5.41, 5.74) is 0. The van der Waals surface area contributed by atoms with E-state index in [4.69, 9.17) is 4.74 Å². The van der Waals surface area contributed by atoms with E-state index < -0.39 is 5.97 Å². The smallest absolute Gasteiger partial charge is 0.325 e. The third-order valence-electron chi connectivity index (χ3n) is 3.41. The van der Waals surface area contributed by atoms with Gasteiger partial charge in [-0.1, -0.05) is 0 Å². The second-order valence-electron chi connectivity index (χ2n) is 4.83. The van der Waals surface area contributed by atoms with Gasteiger partial charge in [0.05, 0.1) is 6.61 Å². The van der Waals surface area contributed by atoms with E-state index in [1.165, 1.54) is 0 Å². The minimum atomic E-state index is -0.402. The first-order valence-electron chi connectivity index (χ1n) is 7.16. The molecule has 21 heavy (non-hydrogen) atoms. The predicted octanol–water partition coefficient (Wildman–Crippen LogP) is 0.372. The minimum Gasteiger partial charge on any atom is -0.465 e. The van der Waals surface area contributed by atoms with Crippen molar-refractivity contribution in [3.8, 4) is 0 Å². The van der Waals surface area contributed by atoms with Crippen LogP contribution in [0.25, 0.3) is 0 Å². The first-order chi connectivity index (χ1) is 10.2. The number of amides is 1. The number of hydrogen-bond donors (Lipinski definition) is 1. The van der Waals surface area contributed by atoms with Crippen molar-refractivity contribution in [3.63, 3.8) is 0 Å². The lowest BCUT2D eigenvalue weighted by atomic mass is 9.96. The number of nitrogens with zero attached hydrogens (tertiary/aromatic N) is 3. The first-order valence-corrected chi connectivity index (χ1v) is 7.16. The Hall–Kier alpha value is -2.18. The fourth-order valence-corrected chi connectivity index (χ4v) is 2.31. The van der Waals surface area contributed by atoms with Crippen LogP contribution in [-0.4, -0.2) is 48.1 Å². The van der Waals surface area contributed by atoms with Crippen molar-refractivity contribution in [2.24, 2.45) is 5.92 Å². The monoisotopic (exact) mass is 292 g/mol. The fraction of sp³-hybridized carbons (Fsp3) is 0.571. The van der Waals surface area contributed by atoms with E-state index in [0.29, 0.717) is 12.6 Å². The Morgan fingerprint density at radius 1 is 1.33 bits per heavy atom. The third kappa shape index (κ3) is 4.40. The highest BCUT2D eigenvalue weighted by molar-refractivity contribution is 5.83. The third-order valence-corrected chi connectivity index (χ3v) is 3.41. The quantitative estimate of drug-likeness (QED) is 0.789. The van der Waals surface area contributed by atoms with E-state index in [2.05, 4.69) is 20.2 Å². The van der Waals surface area contributed by atoms with Gasteiger partial charge < -0.3 is 15.0 Å². The van der Waals surface area contributed by atoms with Crippen molar-refractivity contribution >= 4 is 17.8 Å². The van der Waals surface area contributed by atoms with Gasteiger partial charge in [-0.3, -0.25) is 9.59 Å². The van der Waals surface area contributed by atoms with Crippen molar-refractivity contribution in [2.75, 3.05) is 31.1 Å². The molecule has 0 saturated carbocycles. The maximum atomic E-state index is 12.0. The lowest BCUT2D eigenvalue weighted by molar-refractivity contribution is -0.143. The molecular weight excluding hydrogens is 272 g/mol. The topological polar surface area (TPSA) is 84.4 Å². The van der Waals surface area contributed by atoms with Gasteiger partial charge in [0.2, 0.25) is 11.9 Å². The summed E-state index contributed by atoms with van der Waals surface area (Å²) in [6.45, 7) is 3.48. The molecule has 114 valence electrons. The SMILES string of the molecule is CCOC(=O)CNC(=O)C1CCN(c2ncccn2)CC1. The maximum Gasteiger partial charge on any atom is 0.325 e. The molecule has 0 unspecified atom stereocenters. The van der Waals surface area contributed by atoms with E-state index in [0.717, 1.165) is 25.9 Å². The van der Waals surface area contributed by atoms with Crippen LogP contribution in [-0.2, 0) is 14.3 Å². The summed E-state index contributed by atoms with van der Waals surface area (Å²) < 4.78 is 4.78. The van der Waals surface area contributed by atoms with Crippen molar-refractivity contribution in [1.82, 2.24) is 15.3 Å². The Bertz CT molecular complexity index is 472. The molecule has 1 fully saturated rings. The Labute approximate surface area is 123 Å². The highest BCUT2D eigenvalue weighted by atomic mass is 16.5. The molecule has 0 atom stereocenters. The molecule has 7 nitrogen and oxygen atoms in total. The summed E-state index contributed by atoms with van der Waals surface area (Å²) in [6.07, 6.45) is 4.88. The number of nitrogens with one attached hydrogen (secondary N) is 1. The molecule has 1 aromatic rings. The average molecular weight is 292 g/mol. The van der Waals surface area contributed by atoms with E-state index in [-0.39, 0.29) is 18.4 Å². The van der Waals surface area contributed by atoms with Gasteiger partial charge in [-0.05, 0) is 25.8 Å². The zero-order valence-electron chi connectivity index (χ0n) is 12.1. The van der Waals surface area contributed by atoms with Crippen LogP contribution in [0.15, 0.2) is 18.5 Å². The Balaban J connectivity index is 1.76. The lowest BCUT2D eigenvalue weighted by Crippen LogP contribution is -2.42. The van der Waals surface area contributed by atoms with Gasteiger partial charge >= 0.3 is 5.97 Å². The summed E-state index contributed by atoms with van der Waals surface area (Å²) in [7, 11) is 0. The van der Waals surface area contributed by atoms with Gasteiger partial charge in [0.15, 0.2) is 0 Å². The maximum absolute atomic E-state index is 12.0. The summed E-state index contributed by atoms with van der Waals surface area (Å²) in [4.78, 5) is 33.7. The highest BCUT2D eigenvalue weighted by Gasteiger charge is 2.26. The Morgan fingerprint density at radius 3 is 2.62 bits per heavy atom. The molecule has 1 aliphatic heterocycles. The predicted molar refractivity (Wildman–Crippen MR) is 76.6 cm³/mol. The van der Waals surface area contributed by atoms with Crippen LogP contribution in [0.1, 0.15) is 19.8 Å². The normalized spacial score (nSPS) is 15.6. The van der Waals surface area contributed by atoms with Gasteiger partial charge in [0, 0.05) is 31.4 Å². The minimum absolute atomic E-state index is 0.0608. The zero-order chi connectivity index (χ0) is 15.1. The summed E-state index contributed by atoms with van der Waals surface area (Å²) >= 11 is 0. The second-order valence-corrected chi connectivity index (χ2v) is 4.83. The van der Waals surface area contributed by atoms with Crippen molar-refractivity contribution in [2.45, 2.75) is 19.8 Å². The largest absolute Gasteiger partial charge is 0.465 e. The number of piperidine rings is 1. The highest BCUT2D eigenvalue weighted by Crippen LogP contribution is 2.20. The number of hydrogen-bond acceptors (Lipinski definition) is 6. The number of ether oxygens (including phenoxy) is 1. The van der Waals surface area contributed by atoms with Crippen LogP contribution in [0.2, 0.25) is 0 Å². The van der Waals surface area contributed by atoms with Gasteiger partial charge in [0.25, 0.3) is 0 Å². The van der Waals surface area contributed by atoms with Crippen LogP contribution < -0.4 is 10.2 Å². The fourth-order valence-electron chi connectivity index (χ4n) is 2.31. The molecule has 2 heterocycles. The zero-order valence-corrected chi connectivity index (χ0v) is 12.1.